The van der Waals surface area contributed by atoms with Crippen LogP contribution in [0.3, 0.4) is 0 Å². The summed E-state index contributed by atoms with van der Waals surface area (Å²) < 4.78 is 32.8. The molecule has 0 aliphatic heterocycles. The second kappa shape index (κ2) is 8.13. The predicted octanol–water partition coefficient (Wildman–Crippen LogP) is 4.19. The first kappa shape index (κ1) is 19.2. The molecule has 0 heterocycles. The fourth-order valence-corrected chi connectivity index (χ4v) is 5.43. The predicted molar refractivity (Wildman–Crippen MR) is 89.7 cm³/mol. The number of benzene rings is 1. The van der Waals surface area contributed by atoms with E-state index >= 15 is 0 Å². The fourth-order valence-electron chi connectivity index (χ4n) is 1.85. The summed E-state index contributed by atoms with van der Waals surface area (Å²) in [4.78, 5) is -0.0644. The standard InChI is InChI=1S/C13H18BrCl2NO3S/c1-4-9(2)17(5-6-20-3)21(18,19)13-11(15)7-10(14)8-12(13)16/h7-9H,4-6H2,1-3H3. The largest absolute Gasteiger partial charge is 0.383 e. The van der Waals surface area contributed by atoms with Crippen molar-refractivity contribution in [3.05, 3.63) is 26.7 Å². The highest BCUT2D eigenvalue weighted by molar-refractivity contribution is 9.10. The number of methoxy groups -OCH3 is 1. The molecule has 1 aromatic carbocycles. The first-order chi connectivity index (χ1) is 9.75. The molecule has 0 aliphatic rings. The summed E-state index contributed by atoms with van der Waals surface area (Å²) in [5, 5.41) is 0.195. The van der Waals surface area contributed by atoms with Crippen LogP contribution in [0.4, 0.5) is 0 Å². The monoisotopic (exact) mass is 417 g/mol. The van der Waals surface area contributed by atoms with Gasteiger partial charge in [-0.3, -0.25) is 0 Å². The highest BCUT2D eigenvalue weighted by atomic mass is 79.9. The smallest absolute Gasteiger partial charge is 0.246 e. The molecule has 1 atom stereocenters. The van der Waals surface area contributed by atoms with Crippen LogP contribution in [0.15, 0.2) is 21.5 Å². The van der Waals surface area contributed by atoms with Crippen LogP contribution in [0.2, 0.25) is 10.0 Å². The van der Waals surface area contributed by atoms with E-state index in [4.69, 9.17) is 27.9 Å². The first-order valence-corrected chi connectivity index (χ1v) is 9.39. The number of halogens is 3. The van der Waals surface area contributed by atoms with Gasteiger partial charge in [0.15, 0.2) is 0 Å². The van der Waals surface area contributed by atoms with Crippen LogP contribution in [0.25, 0.3) is 0 Å². The van der Waals surface area contributed by atoms with Gasteiger partial charge in [-0.1, -0.05) is 46.1 Å². The van der Waals surface area contributed by atoms with Crippen LogP contribution in [0, 0.1) is 0 Å². The topological polar surface area (TPSA) is 46.6 Å². The van der Waals surface area contributed by atoms with Gasteiger partial charge in [0, 0.05) is 24.2 Å². The molecule has 8 heteroatoms. The average molecular weight is 419 g/mol. The van der Waals surface area contributed by atoms with Crippen molar-refractivity contribution >= 4 is 49.2 Å². The van der Waals surface area contributed by atoms with Gasteiger partial charge < -0.3 is 4.74 Å². The highest BCUT2D eigenvalue weighted by Crippen LogP contribution is 2.35. The molecular weight excluding hydrogens is 401 g/mol. The molecule has 0 bridgehead atoms. The number of ether oxygens (including phenoxy) is 1. The Morgan fingerprint density at radius 3 is 2.29 bits per heavy atom. The summed E-state index contributed by atoms with van der Waals surface area (Å²) in [7, 11) is -2.27. The summed E-state index contributed by atoms with van der Waals surface area (Å²) in [5.74, 6) is 0. The molecule has 0 amide bonds. The minimum absolute atomic E-state index is 0.0644. The first-order valence-electron chi connectivity index (χ1n) is 6.41. The molecule has 0 saturated heterocycles. The minimum Gasteiger partial charge on any atom is -0.383 e. The van der Waals surface area contributed by atoms with Crippen molar-refractivity contribution in [3.8, 4) is 0 Å². The van der Waals surface area contributed by atoms with E-state index in [0.29, 0.717) is 17.5 Å². The lowest BCUT2D eigenvalue weighted by Gasteiger charge is -2.28. The average Bonchev–Trinajstić information content (AvgIpc) is 2.36. The van der Waals surface area contributed by atoms with Gasteiger partial charge in [-0.2, -0.15) is 4.31 Å². The second-order valence-corrected chi connectivity index (χ2v) is 8.12. The number of hydrogen-bond acceptors (Lipinski definition) is 3. The SMILES string of the molecule is CCC(C)N(CCOC)S(=O)(=O)c1c(Cl)cc(Br)cc1Cl. The van der Waals surface area contributed by atoms with Gasteiger partial charge in [-0.25, -0.2) is 8.42 Å². The van der Waals surface area contributed by atoms with Crippen LogP contribution in [0.1, 0.15) is 20.3 Å². The summed E-state index contributed by atoms with van der Waals surface area (Å²) in [6, 6.07) is 2.86. The highest BCUT2D eigenvalue weighted by Gasteiger charge is 2.32. The third-order valence-electron chi connectivity index (χ3n) is 3.13. The zero-order valence-corrected chi connectivity index (χ0v) is 16.0. The molecule has 21 heavy (non-hydrogen) atoms. The normalized spacial score (nSPS) is 13.7. The quantitative estimate of drug-likeness (QED) is 0.666. The Morgan fingerprint density at radius 2 is 1.86 bits per heavy atom. The molecular formula is C13H18BrCl2NO3S. The Kier molecular flexibility index (Phi) is 7.43. The maximum atomic E-state index is 12.9. The van der Waals surface area contributed by atoms with E-state index in [1.807, 2.05) is 13.8 Å². The van der Waals surface area contributed by atoms with Crippen LogP contribution in [-0.4, -0.2) is 39.0 Å². The minimum atomic E-state index is -3.79. The summed E-state index contributed by atoms with van der Waals surface area (Å²) in [6.45, 7) is 4.31. The maximum Gasteiger partial charge on any atom is 0.246 e. The van der Waals surface area contributed by atoms with Crippen LogP contribution in [-0.2, 0) is 14.8 Å². The number of rotatable bonds is 7. The lowest BCUT2D eigenvalue weighted by atomic mass is 10.3. The van der Waals surface area contributed by atoms with Gasteiger partial charge in [0.1, 0.15) is 4.90 Å². The molecule has 1 rings (SSSR count). The van der Waals surface area contributed by atoms with Crippen LogP contribution in [0.5, 0.6) is 0 Å². The zero-order chi connectivity index (χ0) is 16.2. The molecule has 0 aromatic heterocycles. The van der Waals surface area contributed by atoms with E-state index in [-0.39, 0.29) is 27.5 Å². The van der Waals surface area contributed by atoms with E-state index in [2.05, 4.69) is 15.9 Å². The number of nitrogens with zero attached hydrogens (tertiary/aromatic N) is 1. The van der Waals surface area contributed by atoms with Crippen LogP contribution < -0.4 is 0 Å². The second-order valence-electron chi connectivity index (χ2n) is 4.56. The third-order valence-corrected chi connectivity index (χ3v) is 6.52. The van der Waals surface area contributed by atoms with Gasteiger partial charge in [-0.15, -0.1) is 0 Å². The van der Waals surface area contributed by atoms with Gasteiger partial charge in [0.25, 0.3) is 0 Å². The summed E-state index contributed by atoms with van der Waals surface area (Å²) in [5.41, 5.74) is 0. The molecule has 1 unspecified atom stereocenters. The number of hydrogen-bond donors (Lipinski definition) is 0. The Morgan fingerprint density at radius 1 is 1.33 bits per heavy atom. The molecule has 0 spiro atoms. The van der Waals surface area contributed by atoms with Crippen molar-refractivity contribution in [1.29, 1.82) is 0 Å². The lowest BCUT2D eigenvalue weighted by Crippen LogP contribution is -2.40. The van der Waals surface area contributed by atoms with E-state index in [9.17, 15) is 8.42 Å². The summed E-state index contributed by atoms with van der Waals surface area (Å²) in [6.07, 6.45) is 0.675. The maximum absolute atomic E-state index is 12.9. The van der Waals surface area contributed by atoms with Crippen molar-refractivity contribution in [2.45, 2.75) is 31.2 Å². The van der Waals surface area contributed by atoms with Crippen molar-refractivity contribution < 1.29 is 13.2 Å². The van der Waals surface area contributed by atoms with Crippen LogP contribution >= 0.6 is 39.1 Å². The molecule has 4 nitrogen and oxygen atoms in total. The van der Waals surface area contributed by atoms with Crippen molar-refractivity contribution in [1.82, 2.24) is 4.31 Å². The van der Waals surface area contributed by atoms with Crippen molar-refractivity contribution in [2.75, 3.05) is 20.3 Å². The fraction of sp³-hybridized carbons (Fsp3) is 0.538. The molecule has 0 radical (unpaired) electrons. The van der Waals surface area contributed by atoms with E-state index in [0.717, 1.165) is 0 Å². The Balaban J connectivity index is 3.35. The van der Waals surface area contributed by atoms with E-state index in [1.165, 1.54) is 23.5 Å². The van der Waals surface area contributed by atoms with E-state index < -0.39 is 10.0 Å². The van der Waals surface area contributed by atoms with Gasteiger partial charge in [-0.05, 0) is 25.5 Å². The molecule has 0 aliphatic carbocycles. The zero-order valence-electron chi connectivity index (χ0n) is 12.1. The van der Waals surface area contributed by atoms with Gasteiger partial charge in [0.2, 0.25) is 10.0 Å². The third kappa shape index (κ3) is 4.56. The Labute approximate surface area is 144 Å². The van der Waals surface area contributed by atoms with Gasteiger partial charge in [0.05, 0.1) is 16.7 Å². The Hall–Kier alpha value is 0.150. The van der Waals surface area contributed by atoms with Crippen molar-refractivity contribution in [3.63, 3.8) is 0 Å². The molecule has 1 aromatic rings. The molecule has 0 N–H and O–H groups in total. The van der Waals surface area contributed by atoms with Gasteiger partial charge >= 0.3 is 0 Å². The lowest BCUT2D eigenvalue weighted by molar-refractivity contribution is 0.167. The van der Waals surface area contributed by atoms with E-state index in [1.54, 1.807) is 0 Å². The molecule has 0 fully saturated rings. The Bertz CT molecular complexity index is 572. The molecule has 120 valence electrons. The summed E-state index contributed by atoms with van der Waals surface area (Å²) >= 11 is 15.4. The molecule has 0 saturated carbocycles. The number of sulfonamides is 1. The van der Waals surface area contributed by atoms with Crippen molar-refractivity contribution in [2.24, 2.45) is 0 Å².